The van der Waals surface area contributed by atoms with Gasteiger partial charge in [0.05, 0.1) is 12.1 Å². The molecule has 2 aromatic carbocycles. The van der Waals surface area contributed by atoms with Gasteiger partial charge >= 0.3 is 0 Å². The largest absolute Gasteiger partial charge is 0.460 e. The lowest BCUT2D eigenvalue weighted by molar-refractivity contribution is -0.117. The van der Waals surface area contributed by atoms with Crippen molar-refractivity contribution in [3.05, 3.63) is 64.4 Å². The highest BCUT2D eigenvalue weighted by atomic mass is 16.3. The van der Waals surface area contributed by atoms with E-state index in [1.54, 1.807) is 0 Å². The van der Waals surface area contributed by atoms with Gasteiger partial charge in [0.25, 0.3) is 0 Å². The van der Waals surface area contributed by atoms with Crippen LogP contribution in [0.3, 0.4) is 0 Å². The molecule has 0 saturated carbocycles. The fourth-order valence-corrected chi connectivity index (χ4v) is 3.86. The summed E-state index contributed by atoms with van der Waals surface area (Å²) in [5.41, 5.74) is 4.48. The van der Waals surface area contributed by atoms with E-state index in [1.807, 2.05) is 71.0 Å². The Kier molecular flexibility index (Phi) is 6.73. The molecule has 5 nitrogen and oxygen atoms in total. The third kappa shape index (κ3) is 4.31. The van der Waals surface area contributed by atoms with E-state index in [9.17, 15) is 9.59 Å². The number of anilines is 1. The van der Waals surface area contributed by atoms with E-state index in [0.717, 1.165) is 40.9 Å². The number of amides is 1. The number of nitrogens with zero attached hydrogens (tertiary/aromatic N) is 1. The molecule has 1 aromatic heterocycles. The van der Waals surface area contributed by atoms with Crippen LogP contribution in [0.25, 0.3) is 11.0 Å². The summed E-state index contributed by atoms with van der Waals surface area (Å²) in [6.45, 7) is 11.9. The smallest absolute Gasteiger partial charge is 0.238 e. The Balaban J connectivity index is 1.92. The summed E-state index contributed by atoms with van der Waals surface area (Å²) in [5.74, 6) is 0.607. The monoisotopic (exact) mass is 406 g/mol. The zero-order valence-electron chi connectivity index (χ0n) is 18.5. The Morgan fingerprint density at radius 1 is 1.00 bits per heavy atom. The van der Waals surface area contributed by atoms with Gasteiger partial charge in [-0.2, -0.15) is 0 Å². The minimum atomic E-state index is -0.0518. The van der Waals surface area contributed by atoms with Gasteiger partial charge in [-0.25, -0.2) is 0 Å². The van der Waals surface area contributed by atoms with E-state index in [-0.39, 0.29) is 11.7 Å². The Morgan fingerprint density at radius 3 is 2.23 bits per heavy atom. The maximum atomic E-state index is 13.4. The quantitative estimate of drug-likeness (QED) is 0.527. The Bertz CT molecular complexity index is 1050. The summed E-state index contributed by atoms with van der Waals surface area (Å²) in [6.07, 6.45) is 0.646. The van der Waals surface area contributed by atoms with Crippen molar-refractivity contribution in [2.24, 2.45) is 0 Å². The third-order valence-electron chi connectivity index (χ3n) is 5.54. The first-order valence-corrected chi connectivity index (χ1v) is 10.6. The highest BCUT2D eigenvalue weighted by molar-refractivity contribution is 6.17. The SMILES string of the molecule is CCc1oc2ccccc2c1C(=O)c1cc(C)c(NC(=O)CN(CC)CC)c(C)c1. The molecule has 0 radical (unpaired) electrons. The summed E-state index contributed by atoms with van der Waals surface area (Å²) in [4.78, 5) is 27.9. The van der Waals surface area contributed by atoms with Crippen LogP contribution in [0.5, 0.6) is 0 Å². The molecule has 0 aliphatic rings. The molecule has 0 bridgehead atoms. The summed E-state index contributed by atoms with van der Waals surface area (Å²) < 4.78 is 5.90. The second-order valence-electron chi connectivity index (χ2n) is 7.57. The molecule has 0 spiro atoms. The Morgan fingerprint density at radius 2 is 1.63 bits per heavy atom. The highest BCUT2D eigenvalue weighted by Gasteiger charge is 2.22. The molecule has 0 saturated heterocycles. The van der Waals surface area contributed by atoms with Gasteiger partial charge in [0.2, 0.25) is 5.91 Å². The van der Waals surface area contributed by atoms with Crippen molar-refractivity contribution in [2.45, 2.75) is 41.0 Å². The number of nitrogens with one attached hydrogen (secondary N) is 1. The summed E-state index contributed by atoms with van der Waals surface area (Å²) in [5, 5.41) is 3.86. The van der Waals surface area contributed by atoms with Crippen LogP contribution in [-0.2, 0) is 11.2 Å². The van der Waals surface area contributed by atoms with Gasteiger partial charge in [-0.15, -0.1) is 0 Å². The molecule has 0 atom stereocenters. The summed E-state index contributed by atoms with van der Waals surface area (Å²) >= 11 is 0. The number of aryl methyl sites for hydroxylation is 3. The van der Waals surface area contributed by atoms with E-state index in [2.05, 4.69) is 10.2 Å². The number of hydrogen-bond acceptors (Lipinski definition) is 4. The molecule has 5 heteroatoms. The zero-order valence-corrected chi connectivity index (χ0v) is 18.5. The van der Waals surface area contributed by atoms with Gasteiger partial charge in [-0.1, -0.05) is 39.0 Å². The van der Waals surface area contributed by atoms with Gasteiger partial charge in [0.1, 0.15) is 11.3 Å². The minimum Gasteiger partial charge on any atom is -0.460 e. The van der Waals surface area contributed by atoms with Crippen LogP contribution < -0.4 is 5.32 Å². The third-order valence-corrected chi connectivity index (χ3v) is 5.54. The number of carbonyl (C=O) groups is 2. The van der Waals surface area contributed by atoms with Gasteiger partial charge < -0.3 is 9.73 Å². The topological polar surface area (TPSA) is 62.6 Å². The van der Waals surface area contributed by atoms with E-state index in [4.69, 9.17) is 4.42 Å². The molecule has 3 rings (SSSR count). The molecule has 30 heavy (non-hydrogen) atoms. The molecular formula is C25H30N2O3. The number of carbonyl (C=O) groups excluding carboxylic acids is 2. The van der Waals surface area contributed by atoms with Crippen LogP contribution in [0.4, 0.5) is 5.69 Å². The predicted octanol–water partition coefficient (Wildman–Crippen LogP) is 5.12. The number of likely N-dealkylation sites (N-methyl/N-ethyl adjacent to an activating group) is 1. The molecule has 1 heterocycles. The lowest BCUT2D eigenvalue weighted by atomic mass is 9.95. The van der Waals surface area contributed by atoms with Gasteiger partial charge in [0, 0.05) is 23.1 Å². The van der Waals surface area contributed by atoms with E-state index < -0.39 is 0 Å². The van der Waals surface area contributed by atoms with Crippen LogP contribution in [0.2, 0.25) is 0 Å². The molecule has 0 aliphatic heterocycles. The average molecular weight is 407 g/mol. The minimum absolute atomic E-state index is 0.0434. The molecule has 3 aromatic rings. The Hall–Kier alpha value is -2.92. The standard InChI is InChI=1S/C25H30N2O3/c1-6-20-23(19-11-9-10-12-21(19)30-20)25(29)18-13-16(4)24(17(5)14-18)26-22(28)15-27(7-2)8-3/h9-14H,6-8,15H2,1-5H3,(H,26,28). The second-order valence-corrected chi connectivity index (χ2v) is 7.57. The van der Waals surface area contributed by atoms with Crippen LogP contribution in [0, 0.1) is 13.8 Å². The van der Waals surface area contributed by atoms with E-state index >= 15 is 0 Å². The first-order chi connectivity index (χ1) is 14.4. The first-order valence-electron chi connectivity index (χ1n) is 10.6. The van der Waals surface area contributed by atoms with Crippen LogP contribution in [0.1, 0.15) is 53.6 Å². The molecule has 158 valence electrons. The average Bonchev–Trinajstić information content (AvgIpc) is 3.12. The van der Waals surface area contributed by atoms with Crippen LogP contribution >= 0.6 is 0 Å². The second kappa shape index (κ2) is 9.26. The molecule has 0 aliphatic carbocycles. The normalized spacial score (nSPS) is 11.3. The van der Waals surface area contributed by atoms with Crippen LogP contribution in [0.15, 0.2) is 40.8 Å². The van der Waals surface area contributed by atoms with Crippen molar-refractivity contribution in [3.8, 4) is 0 Å². The van der Waals surface area contributed by atoms with Crippen molar-refractivity contribution < 1.29 is 14.0 Å². The van der Waals surface area contributed by atoms with E-state index in [1.165, 1.54) is 0 Å². The van der Waals surface area contributed by atoms with Gasteiger partial charge in [-0.3, -0.25) is 14.5 Å². The number of furan rings is 1. The molecule has 0 unspecified atom stereocenters. The van der Waals surface area contributed by atoms with Crippen molar-refractivity contribution in [1.82, 2.24) is 4.90 Å². The van der Waals surface area contributed by atoms with Crippen molar-refractivity contribution in [1.29, 1.82) is 0 Å². The van der Waals surface area contributed by atoms with Crippen LogP contribution in [-0.4, -0.2) is 36.2 Å². The van der Waals surface area contributed by atoms with Gasteiger partial charge in [-0.05, 0) is 56.3 Å². The predicted molar refractivity (Wildman–Crippen MR) is 121 cm³/mol. The number of ketones is 1. The molecule has 0 fully saturated rings. The van der Waals surface area contributed by atoms with E-state index in [0.29, 0.717) is 29.9 Å². The maximum absolute atomic E-state index is 13.4. The van der Waals surface area contributed by atoms with Crippen molar-refractivity contribution in [3.63, 3.8) is 0 Å². The molecule has 1 N–H and O–H groups in total. The van der Waals surface area contributed by atoms with Crippen molar-refractivity contribution in [2.75, 3.05) is 25.0 Å². The number of rotatable bonds is 8. The van der Waals surface area contributed by atoms with Gasteiger partial charge in [0.15, 0.2) is 5.78 Å². The fraction of sp³-hybridized carbons (Fsp3) is 0.360. The Labute approximate surface area is 178 Å². The lowest BCUT2D eigenvalue weighted by Gasteiger charge is -2.19. The maximum Gasteiger partial charge on any atom is 0.238 e. The number of benzene rings is 2. The first kappa shape index (κ1) is 21.8. The fourth-order valence-electron chi connectivity index (χ4n) is 3.86. The zero-order chi connectivity index (χ0) is 21.8. The lowest BCUT2D eigenvalue weighted by Crippen LogP contribution is -2.33. The number of fused-ring (bicyclic) bond motifs is 1. The highest BCUT2D eigenvalue weighted by Crippen LogP contribution is 2.30. The molecule has 1 amide bonds. The number of hydrogen-bond donors (Lipinski definition) is 1. The summed E-state index contributed by atoms with van der Waals surface area (Å²) in [7, 11) is 0. The number of para-hydroxylation sites is 1. The van der Waals surface area contributed by atoms with Crippen molar-refractivity contribution >= 4 is 28.3 Å². The molecular weight excluding hydrogens is 376 g/mol. The summed E-state index contributed by atoms with van der Waals surface area (Å²) in [6, 6.07) is 11.3.